The first-order chi connectivity index (χ1) is 13.0. The molecule has 1 N–H and O–H groups in total. The maximum Gasteiger partial charge on any atom is 0.276 e. The molecular weight excluding hydrogens is 364 g/mol. The van der Waals surface area contributed by atoms with Crippen molar-refractivity contribution in [1.82, 2.24) is 14.2 Å². The van der Waals surface area contributed by atoms with Gasteiger partial charge in [-0.15, -0.1) is 0 Å². The van der Waals surface area contributed by atoms with Gasteiger partial charge in [-0.25, -0.2) is 4.52 Å². The molecule has 0 saturated heterocycles. The van der Waals surface area contributed by atoms with Crippen molar-refractivity contribution in [1.29, 1.82) is 0 Å². The number of nitrogens with one attached hydrogen (secondary N) is 1. The zero-order valence-corrected chi connectivity index (χ0v) is 15.9. The average molecular weight is 385 g/mol. The van der Waals surface area contributed by atoms with Crippen LogP contribution in [-0.2, 0) is 24.2 Å². The molecule has 0 fully saturated rings. The number of nitrogens with zero attached hydrogens (tertiary/aromatic N) is 3. The molecule has 0 aliphatic heterocycles. The van der Waals surface area contributed by atoms with E-state index < -0.39 is 0 Å². The van der Waals surface area contributed by atoms with E-state index in [2.05, 4.69) is 10.4 Å². The van der Waals surface area contributed by atoms with Crippen molar-refractivity contribution < 1.29 is 4.79 Å². The zero-order chi connectivity index (χ0) is 19.0. The first-order valence-corrected chi connectivity index (χ1v) is 9.56. The molecule has 1 aliphatic carbocycles. The highest BCUT2D eigenvalue weighted by atomic mass is 35.5. The van der Waals surface area contributed by atoms with Gasteiger partial charge in [-0.2, -0.15) is 5.10 Å². The maximum absolute atomic E-state index is 12.9. The number of rotatable bonds is 4. The van der Waals surface area contributed by atoms with Crippen LogP contribution in [0.1, 0.15) is 36.1 Å². The SMILES string of the molecule is Cc1ccc(NC(=O)CCn2ccn3nc4c(c3c2=O)CCCC4)cc1Cl. The summed E-state index contributed by atoms with van der Waals surface area (Å²) >= 11 is 6.09. The lowest BCUT2D eigenvalue weighted by atomic mass is 9.97. The van der Waals surface area contributed by atoms with Crippen LogP contribution in [0, 0.1) is 6.92 Å². The third kappa shape index (κ3) is 3.49. The normalized spacial score (nSPS) is 13.6. The topological polar surface area (TPSA) is 68.4 Å². The van der Waals surface area contributed by atoms with E-state index in [4.69, 9.17) is 11.6 Å². The summed E-state index contributed by atoms with van der Waals surface area (Å²) in [6, 6.07) is 5.40. The molecule has 2 heterocycles. The van der Waals surface area contributed by atoms with Gasteiger partial charge in [-0.05, 0) is 50.3 Å². The monoisotopic (exact) mass is 384 g/mol. The summed E-state index contributed by atoms with van der Waals surface area (Å²) in [4.78, 5) is 25.1. The molecule has 0 bridgehead atoms. The fourth-order valence-corrected chi connectivity index (χ4v) is 3.73. The molecule has 1 amide bonds. The Hall–Kier alpha value is -2.60. The Morgan fingerprint density at radius 1 is 1.26 bits per heavy atom. The molecule has 4 rings (SSSR count). The van der Waals surface area contributed by atoms with E-state index >= 15 is 0 Å². The van der Waals surface area contributed by atoms with Gasteiger partial charge in [0.1, 0.15) is 5.52 Å². The van der Waals surface area contributed by atoms with Gasteiger partial charge < -0.3 is 9.88 Å². The molecule has 27 heavy (non-hydrogen) atoms. The molecule has 6 nitrogen and oxygen atoms in total. The minimum atomic E-state index is -0.155. The molecule has 0 saturated carbocycles. The molecular formula is C20H21ClN4O2. The highest BCUT2D eigenvalue weighted by Crippen LogP contribution is 2.23. The smallest absolute Gasteiger partial charge is 0.276 e. The molecule has 2 aromatic heterocycles. The van der Waals surface area contributed by atoms with Crippen molar-refractivity contribution >= 4 is 28.7 Å². The standard InChI is InChI=1S/C20H21ClN4O2/c1-13-6-7-14(12-16(13)21)22-18(26)8-9-24-10-11-25-19(20(24)27)15-4-2-3-5-17(15)23-25/h6-7,10-12H,2-5,8-9H2,1H3,(H,22,26). The van der Waals surface area contributed by atoms with Gasteiger partial charge in [-0.1, -0.05) is 17.7 Å². The second-order valence-electron chi connectivity index (χ2n) is 6.98. The summed E-state index contributed by atoms with van der Waals surface area (Å²) in [7, 11) is 0. The number of anilines is 1. The lowest BCUT2D eigenvalue weighted by Gasteiger charge is -2.10. The average Bonchev–Trinajstić information content (AvgIpc) is 3.03. The van der Waals surface area contributed by atoms with Crippen LogP contribution in [0.5, 0.6) is 0 Å². The van der Waals surface area contributed by atoms with Crippen molar-refractivity contribution in [3.8, 4) is 0 Å². The summed E-state index contributed by atoms with van der Waals surface area (Å²) in [5.41, 5.74) is 4.28. The zero-order valence-electron chi connectivity index (χ0n) is 15.2. The van der Waals surface area contributed by atoms with E-state index in [1.165, 1.54) is 0 Å². The van der Waals surface area contributed by atoms with Gasteiger partial charge in [0.25, 0.3) is 5.56 Å². The number of halogens is 1. The number of aromatic nitrogens is 3. The number of hydrogen-bond donors (Lipinski definition) is 1. The fourth-order valence-electron chi connectivity index (χ4n) is 3.55. The number of benzene rings is 1. The highest BCUT2D eigenvalue weighted by Gasteiger charge is 2.19. The van der Waals surface area contributed by atoms with Gasteiger partial charge in [0.05, 0.1) is 5.69 Å². The number of amides is 1. The minimum Gasteiger partial charge on any atom is -0.326 e. The largest absolute Gasteiger partial charge is 0.326 e. The number of hydrogen-bond acceptors (Lipinski definition) is 3. The lowest BCUT2D eigenvalue weighted by Crippen LogP contribution is -2.24. The van der Waals surface area contributed by atoms with E-state index in [0.29, 0.717) is 22.8 Å². The van der Waals surface area contributed by atoms with Crippen molar-refractivity contribution in [3.05, 3.63) is 62.8 Å². The Morgan fingerprint density at radius 2 is 2.07 bits per heavy atom. The van der Waals surface area contributed by atoms with E-state index in [1.807, 2.05) is 19.1 Å². The van der Waals surface area contributed by atoms with Crippen LogP contribution >= 0.6 is 11.6 Å². The number of carbonyl (C=O) groups is 1. The molecule has 0 radical (unpaired) electrons. The van der Waals surface area contributed by atoms with Crippen LogP contribution in [0.3, 0.4) is 0 Å². The molecule has 1 aromatic carbocycles. The Morgan fingerprint density at radius 3 is 2.89 bits per heavy atom. The molecule has 7 heteroatoms. The predicted octanol–water partition coefficient (Wildman–Crippen LogP) is 3.37. The molecule has 0 atom stereocenters. The minimum absolute atomic E-state index is 0.0840. The summed E-state index contributed by atoms with van der Waals surface area (Å²) in [5, 5.41) is 7.97. The summed E-state index contributed by atoms with van der Waals surface area (Å²) in [6.07, 6.45) is 7.73. The summed E-state index contributed by atoms with van der Waals surface area (Å²) < 4.78 is 3.27. The second-order valence-corrected chi connectivity index (χ2v) is 7.39. The van der Waals surface area contributed by atoms with E-state index in [9.17, 15) is 9.59 Å². The van der Waals surface area contributed by atoms with Crippen LogP contribution in [-0.4, -0.2) is 20.1 Å². The Bertz CT molecular complexity index is 1080. The van der Waals surface area contributed by atoms with Crippen LogP contribution < -0.4 is 10.9 Å². The predicted molar refractivity (Wildman–Crippen MR) is 106 cm³/mol. The molecule has 0 unspecified atom stereocenters. The van der Waals surface area contributed by atoms with Crippen LogP contribution in [0.25, 0.3) is 5.52 Å². The highest BCUT2D eigenvalue weighted by molar-refractivity contribution is 6.31. The number of carbonyl (C=O) groups excluding carboxylic acids is 1. The van der Waals surface area contributed by atoms with Crippen molar-refractivity contribution in [2.75, 3.05) is 5.32 Å². The van der Waals surface area contributed by atoms with Gasteiger partial charge >= 0.3 is 0 Å². The summed E-state index contributed by atoms with van der Waals surface area (Å²) in [6.45, 7) is 2.23. The van der Waals surface area contributed by atoms with Crippen molar-refractivity contribution in [3.63, 3.8) is 0 Å². The molecule has 3 aromatic rings. The van der Waals surface area contributed by atoms with Crippen LogP contribution in [0.15, 0.2) is 35.4 Å². The third-order valence-electron chi connectivity index (χ3n) is 5.07. The van der Waals surface area contributed by atoms with Gasteiger partial charge in [0, 0.05) is 41.6 Å². The van der Waals surface area contributed by atoms with Gasteiger partial charge in [-0.3, -0.25) is 9.59 Å². The second kappa shape index (κ2) is 7.19. The van der Waals surface area contributed by atoms with Crippen molar-refractivity contribution in [2.45, 2.75) is 45.6 Å². The van der Waals surface area contributed by atoms with E-state index in [-0.39, 0.29) is 17.9 Å². The maximum atomic E-state index is 12.9. The van der Waals surface area contributed by atoms with Crippen LogP contribution in [0.2, 0.25) is 5.02 Å². The van der Waals surface area contributed by atoms with Gasteiger partial charge in [0.15, 0.2) is 0 Å². The van der Waals surface area contributed by atoms with Gasteiger partial charge in [0.2, 0.25) is 5.91 Å². The Balaban J connectivity index is 1.50. The number of aryl methyl sites for hydroxylation is 4. The Labute approximate surface area is 161 Å². The van der Waals surface area contributed by atoms with E-state index in [1.54, 1.807) is 27.5 Å². The van der Waals surface area contributed by atoms with E-state index in [0.717, 1.165) is 42.5 Å². The Kier molecular flexibility index (Phi) is 4.74. The quantitative estimate of drug-likeness (QED) is 0.749. The molecule has 140 valence electrons. The number of fused-ring (bicyclic) bond motifs is 3. The first-order valence-electron chi connectivity index (χ1n) is 9.18. The van der Waals surface area contributed by atoms with Crippen molar-refractivity contribution in [2.24, 2.45) is 0 Å². The fraction of sp³-hybridized carbons (Fsp3) is 0.350. The van der Waals surface area contributed by atoms with Crippen LogP contribution in [0.4, 0.5) is 5.69 Å². The first kappa shape index (κ1) is 17.8. The molecule has 1 aliphatic rings. The summed E-state index contributed by atoms with van der Waals surface area (Å²) in [5.74, 6) is -0.155. The molecule has 0 spiro atoms. The lowest BCUT2D eigenvalue weighted by molar-refractivity contribution is -0.116. The third-order valence-corrected chi connectivity index (χ3v) is 5.48.